The van der Waals surface area contributed by atoms with Gasteiger partial charge in [0, 0.05) is 29.1 Å². The number of carbonyl (C=O) groups is 1. The van der Waals surface area contributed by atoms with Gasteiger partial charge < -0.3 is 14.6 Å². The second-order valence-corrected chi connectivity index (χ2v) is 6.92. The number of halogens is 2. The van der Waals surface area contributed by atoms with Crippen molar-refractivity contribution in [3.8, 4) is 0 Å². The summed E-state index contributed by atoms with van der Waals surface area (Å²) in [5.41, 5.74) is 2.15. The first-order valence-electron chi connectivity index (χ1n) is 8.58. The molecule has 4 rings (SSSR count). The number of para-hydroxylation sites is 1. The fourth-order valence-electron chi connectivity index (χ4n) is 3.44. The van der Waals surface area contributed by atoms with Crippen molar-refractivity contribution in [1.82, 2.24) is 0 Å². The van der Waals surface area contributed by atoms with Crippen molar-refractivity contribution in [3.63, 3.8) is 0 Å². The molecule has 134 valence electrons. The number of fused-ring (bicyclic) bond motifs is 1. The molecular weight excluding hydrogens is 355 g/mol. The molecule has 0 spiro atoms. The van der Waals surface area contributed by atoms with Gasteiger partial charge in [0.2, 0.25) is 0 Å². The Kier molecular flexibility index (Phi) is 4.32. The lowest BCUT2D eigenvalue weighted by Gasteiger charge is -2.21. The number of rotatable bonds is 3. The lowest BCUT2D eigenvalue weighted by Crippen LogP contribution is -2.22. The van der Waals surface area contributed by atoms with Crippen molar-refractivity contribution in [3.05, 3.63) is 58.6 Å². The largest absolute Gasteiger partial charge is 0.451 e. The van der Waals surface area contributed by atoms with Crippen LogP contribution < -0.4 is 10.2 Å². The maximum Gasteiger partial charge on any atom is 0.291 e. The monoisotopic (exact) mass is 372 g/mol. The number of benzene rings is 2. The third-order valence-corrected chi connectivity index (χ3v) is 5.02. The van der Waals surface area contributed by atoms with Crippen molar-refractivity contribution < 1.29 is 13.6 Å². The molecule has 1 saturated heterocycles. The highest BCUT2D eigenvalue weighted by atomic mass is 35.5. The van der Waals surface area contributed by atoms with Gasteiger partial charge in [-0.15, -0.1) is 0 Å². The fourth-order valence-corrected chi connectivity index (χ4v) is 3.61. The molecule has 2 aromatic carbocycles. The number of hydrogen-bond acceptors (Lipinski definition) is 3. The standard InChI is InChI=1S/C20H18ClFN2O2/c1-12-14-11-13(21)7-8-17(14)26-19(12)20(25)23-18-15(22)5-4-6-16(18)24-9-2-3-10-24/h4-8,11H,2-3,9-10H2,1H3,(H,23,25). The number of amides is 1. The van der Waals surface area contributed by atoms with Crippen LogP contribution in [-0.2, 0) is 0 Å². The van der Waals surface area contributed by atoms with E-state index in [1.807, 2.05) is 6.07 Å². The van der Waals surface area contributed by atoms with E-state index in [2.05, 4.69) is 10.2 Å². The van der Waals surface area contributed by atoms with Gasteiger partial charge in [-0.2, -0.15) is 0 Å². The predicted molar refractivity (Wildman–Crippen MR) is 102 cm³/mol. The third kappa shape index (κ3) is 2.92. The summed E-state index contributed by atoms with van der Waals surface area (Å²) in [7, 11) is 0. The van der Waals surface area contributed by atoms with Crippen LogP contribution in [0, 0.1) is 12.7 Å². The molecule has 1 fully saturated rings. The van der Waals surface area contributed by atoms with Crippen molar-refractivity contribution >= 4 is 39.9 Å². The van der Waals surface area contributed by atoms with E-state index in [9.17, 15) is 9.18 Å². The topological polar surface area (TPSA) is 45.5 Å². The highest BCUT2D eigenvalue weighted by molar-refractivity contribution is 6.31. The van der Waals surface area contributed by atoms with E-state index in [1.165, 1.54) is 6.07 Å². The average Bonchev–Trinajstić information content (AvgIpc) is 3.25. The van der Waals surface area contributed by atoms with Gasteiger partial charge in [-0.3, -0.25) is 4.79 Å². The van der Waals surface area contributed by atoms with E-state index in [0.717, 1.165) is 31.3 Å². The highest BCUT2D eigenvalue weighted by Crippen LogP contribution is 2.33. The van der Waals surface area contributed by atoms with E-state index >= 15 is 0 Å². The van der Waals surface area contributed by atoms with Gasteiger partial charge in [-0.25, -0.2) is 4.39 Å². The molecule has 0 radical (unpaired) electrons. The van der Waals surface area contributed by atoms with E-state index in [4.69, 9.17) is 16.0 Å². The normalized spacial score (nSPS) is 14.2. The number of furan rings is 1. The zero-order chi connectivity index (χ0) is 18.3. The first kappa shape index (κ1) is 16.9. The minimum atomic E-state index is -0.472. The molecule has 1 aromatic heterocycles. The summed E-state index contributed by atoms with van der Waals surface area (Å²) in [6.07, 6.45) is 2.13. The van der Waals surface area contributed by atoms with Crippen LogP contribution in [-0.4, -0.2) is 19.0 Å². The van der Waals surface area contributed by atoms with Crippen LogP contribution in [0.2, 0.25) is 5.02 Å². The molecule has 6 heteroatoms. The van der Waals surface area contributed by atoms with Crippen LogP contribution >= 0.6 is 11.6 Å². The van der Waals surface area contributed by atoms with E-state index < -0.39 is 11.7 Å². The average molecular weight is 373 g/mol. The molecule has 26 heavy (non-hydrogen) atoms. The van der Waals surface area contributed by atoms with Crippen LogP contribution in [0.25, 0.3) is 11.0 Å². The number of aryl methyl sites for hydroxylation is 1. The van der Waals surface area contributed by atoms with Crippen LogP contribution in [0.4, 0.5) is 15.8 Å². The molecule has 1 aliphatic heterocycles. The summed E-state index contributed by atoms with van der Waals surface area (Å²) >= 11 is 6.03. The minimum Gasteiger partial charge on any atom is -0.451 e. The molecule has 1 amide bonds. The summed E-state index contributed by atoms with van der Waals surface area (Å²) < 4.78 is 20.1. The molecule has 1 aliphatic rings. The summed E-state index contributed by atoms with van der Waals surface area (Å²) in [6, 6.07) is 10.0. The Morgan fingerprint density at radius 2 is 2.00 bits per heavy atom. The molecule has 0 bridgehead atoms. The molecule has 0 atom stereocenters. The van der Waals surface area contributed by atoms with Gasteiger partial charge in [0.05, 0.1) is 5.69 Å². The Morgan fingerprint density at radius 1 is 1.23 bits per heavy atom. The Bertz CT molecular complexity index is 993. The number of nitrogens with zero attached hydrogens (tertiary/aromatic N) is 1. The Balaban J connectivity index is 1.70. The van der Waals surface area contributed by atoms with Gasteiger partial charge in [-0.05, 0) is 50.1 Å². The third-order valence-electron chi connectivity index (χ3n) is 4.78. The molecule has 4 nitrogen and oxygen atoms in total. The number of carbonyl (C=O) groups excluding carboxylic acids is 1. The van der Waals surface area contributed by atoms with Gasteiger partial charge in [0.15, 0.2) is 5.76 Å². The van der Waals surface area contributed by atoms with Crippen LogP contribution in [0.3, 0.4) is 0 Å². The van der Waals surface area contributed by atoms with Gasteiger partial charge in [0.1, 0.15) is 17.1 Å². The SMILES string of the molecule is Cc1c(C(=O)Nc2c(F)cccc2N2CCCC2)oc2ccc(Cl)cc12. The maximum absolute atomic E-state index is 14.4. The summed E-state index contributed by atoms with van der Waals surface area (Å²) in [5, 5.41) is 4.05. The molecule has 0 aliphatic carbocycles. The maximum atomic E-state index is 14.4. The molecule has 0 unspecified atom stereocenters. The molecule has 0 saturated carbocycles. The van der Waals surface area contributed by atoms with E-state index in [-0.39, 0.29) is 11.4 Å². The Labute approximate surface area is 155 Å². The second-order valence-electron chi connectivity index (χ2n) is 6.48. The Hall–Kier alpha value is -2.53. The number of anilines is 2. The zero-order valence-corrected chi connectivity index (χ0v) is 15.1. The highest BCUT2D eigenvalue weighted by Gasteiger charge is 2.23. The Morgan fingerprint density at radius 3 is 2.77 bits per heavy atom. The van der Waals surface area contributed by atoms with Crippen molar-refractivity contribution in [2.75, 3.05) is 23.3 Å². The molecule has 3 aromatic rings. The molecule has 2 heterocycles. The van der Waals surface area contributed by atoms with Crippen molar-refractivity contribution in [2.24, 2.45) is 0 Å². The zero-order valence-electron chi connectivity index (χ0n) is 14.3. The van der Waals surface area contributed by atoms with E-state index in [0.29, 0.717) is 21.9 Å². The quantitative estimate of drug-likeness (QED) is 0.670. The van der Waals surface area contributed by atoms with Gasteiger partial charge >= 0.3 is 0 Å². The first-order chi connectivity index (χ1) is 12.5. The second kappa shape index (κ2) is 6.65. The van der Waals surface area contributed by atoms with Crippen molar-refractivity contribution in [1.29, 1.82) is 0 Å². The summed E-state index contributed by atoms with van der Waals surface area (Å²) in [5.74, 6) is -0.766. The van der Waals surface area contributed by atoms with Gasteiger partial charge in [-0.1, -0.05) is 17.7 Å². The van der Waals surface area contributed by atoms with Crippen LogP contribution in [0.15, 0.2) is 40.8 Å². The molecule has 1 N–H and O–H groups in total. The smallest absolute Gasteiger partial charge is 0.291 e. The molecular formula is C20H18ClFN2O2. The number of nitrogens with one attached hydrogen (secondary N) is 1. The van der Waals surface area contributed by atoms with Crippen molar-refractivity contribution in [2.45, 2.75) is 19.8 Å². The lowest BCUT2D eigenvalue weighted by molar-refractivity contribution is 0.0997. The predicted octanol–water partition coefficient (Wildman–Crippen LogP) is 5.39. The summed E-state index contributed by atoms with van der Waals surface area (Å²) in [6.45, 7) is 3.50. The van der Waals surface area contributed by atoms with Crippen LogP contribution in [0.1, 0.15) is 29.0 Å². The summed E-state index contributed by atoms with van der Waals surface area (Å²) in [4.78, 5) is 14.9. The van der Waals surface area contributed by atoms with Gasteiger partial charge in [0.25, 0.3) is 5.91 Å². The minimum absolute atomic E-state index is 0.165. The fraction of sp³-hybridized carbons (Fsp3) is 0.250. The first-order valence-corrected chi connectivity index (χ1v) is 8.96. The lowest BCUT2D eigenvalue weighted by atomic mass is 10.1. The number of hydrogen-bond donors (Lipinski definition) is 1. The van der Waals surface area contributed by atoms with Crippen LogP contribution in [0.5, 0.6) is 0 Å². The van der Waals surface area contributed by atoms with E-state index in [1.54, 1.807) is 31.2 Å².